The van der Waals surface area contributed by atoms with Crippen LogP contribution in [0.5, 0.6) is 0 Å². The van der Waals surface area contributed by atoms with Gasteiger partial charge in [0.05, 0.1) is 56.2 Å². The molecule has 0 unspecified atom stereocenters. The molecule has 12 rings (SSSR count). The van der Waals surface area contributed by atoms with Crippen LogP contribution in [0.4, 0.5) is 26.3 Å². The van der Waals surface area contributed by atoms with Crippen molar-refractivity contribution in [2.45, 2.75) is 12.4 Å². The molecule has 3 nitrogen and oxygen atoms in total. The van der Waals surface area contributed by atoms with Crippen molar-refractivity contribution in [3.05, 3.63) is 241 Å². The summed E-state index contributed by atoms with van der Waals surface area (Å²) in [6.07, 6.45) is -10.5. The zero-order valence-electron chi connectivity index (χ0n) is 38.0. The molecule has 0 radical (unpaired) electrons. The van der Waals surface area contributed by atoms with Gasteiger partial charge in [0.15, 0.2) is 0 Å². The number of benzene rings is 10. The van der Waals surface area contributed by atoms with Gasteiger partial charge in [0, 0.05) is 32.7 Å². The van der Waals surface area contributed by atoms with Crippen molar-refractivity contribution in [3.63, 3.8) is 0 Å². The fourth-order valence-electron chi connectivity index (χ4n) is 10.4. The van der Waals surface area contributed by atoms with E-state index in [0.29, 0.717) is 55.7 Å². The van der Waals surface area contributed by atoms with E-state index in [2.05, 4.69) is 6.07 Å². The number of alkyl halides is 6. The maximum atomic E-state index is 15.9. The van der Waals surface area contributed by atoms with Crippen LogP contribution in [0.15, 0.2) is 224 Å². The zero-order chi connectivity index (χ0) is 49.3. The van der Waals surface area contributed by atoms with Crippen LogP contribution in [0.3, 0.4) is 0 Å². The highest BCUT2D eigenvalue weighted by atomic mass is 19.4. The summed E-state index contributed by atoms with van der Waals surface area (Å²) in [6, 6.07) is 68.8. The van der Waals surface area contributed by atoms with Gasteiger partial charge < -0.3 is 9.13 Å². The number of hydrogen-bond donors (Lipinski definition) is 0. The molecule has 0 amide bonds. The van der Waals surface area contributed by atoms with E-state index in [-0.39, 0.29) is 22.5 Å². The minimum absolute atomic E-state index is 0.0173. The van der Waals surface area contributed by atoms with Crippen molar-refractivity contribution in [2.75, 3.05) is 0 Å². The number of fused-ring (bicyclic) bond motifs is 6. The van der Waals surface area contributed by atoms with Crippen LogP contribution in [-0.2, 0) is 12.4 Å². The normalized spacial score (nSPS) is 12.0. The number of nitriles is 1. The van der Waals surface area contributed by atoms with Crippen LogP contribution < -0.4 is 0 Å². The Balaban J connectivity index is 1.32. The lowest BCUT2D eigenvalue weighted by molar-refractivity contribution is -0.142. The Kier molecular flexibility index (Phi) is 10.5. The van der Waals surface area contributed by atoms with Gasteiger partial charge in [0.2, 0.25) is 0 Å². The van der Waals surface area contributed by atoms with Gasteiger partial charge in [0.1, 0.15) is 0 Å². The maximum Gasteiger partial charge on any atom is 0.417 e. The third-order valence-corrected chi connectivity index (χ3v) is 13.6. The molecule has 2 heterocycles. The van der Waals surface area contributed by atoms with Crippen molar-refractivity contribution in [3.8, 4) is 73.1 Å². The minimum atomic E-state index is -5.26. The second-order valence-corrected chi connectivity index (χ2v) is 17.8. The molecule has 0 N–H and O–H groups in total. The van der Waals surface area contributed by atoms with Gasteiger partial charge >= 0.3 is 12.4 Å². The first-order chi connectivity index (χ1) is 34.9. The van der Waals surface area contributed by atoms with Crippen LogP contribution in [0.2, 0.25) is 0 Å². The molecule has 0 fully saturated rings. The van der Waals surface area contributed by atoms with Gasteiger partial charge in [-0.15, -0.1) is 0 Å². The van der Waals surface area contributed by atoms with E-state index in [1.165, 1.54) is 12.1 Å². The Hall–Kier alpha value is -9.13. The third kappa shape index (κ3) is 7.47. The van der Waals surface area contributed by atoms with Crippen molar-refractivity contribution < 1.29 is 26.3 Å². The average Bonchev–Trinajstić information content (AvgIpc) is 3.91. The lowest BCUT2D eigenvalue weighted by Gasteiger charge is -2.26. The fourth-order valence-corrected chi connectivity index (χ4v) is 10.4. The van der Waals surface area contributed by atoms with Crippen LogP contribution in [-0.4, -0.2) is 9.13 Å². The number of aromatic nitrogens is 2. The molecule has 0 aliphatic heterocycles. The Labute approximate surface area is 409 Å². The van der Waals surface area contributed by atoms with E-state index < -0.39 is 29.0 Å². The molecule has 346 valence electrons. The Morgan fingerprint density at radius 2 is 0.597 bits per heavy atom. The average molecular weight is 950 g/mol. The summed E-state index contributed by atoms with van der Waals surface area (Å²) in [5.74, 6) is 0. The second kappa shape index (κ2) is 17.1. The van der Waals surface area contributed by atoms with Gasteiger partial charge in [-0.1, -0.05) is 176 Å². The Bertz CT molecular complexity index is 3660. The largest absolute Gasteiger partial charge is 0.417 e. The number of nitrogens with zero attached hydrogens (tertiary/aromatic N) is 3. The summed E-state index contributed by atoms with van der Waals surface area (Å²) >= 11 is 0. The molecular formula is C63H37F6N3. The predicted octanol–water partition coefficient (Wildman–Crippen LogP) is 18.1. The van der Waals surface area contributed by atoms with Crippen molar-refractivity contribution in [1.82, 2.24) is 9.13 Å². The van der Waals surface area contributed by atoms with Gasteiger partial charge in [0.25, 0.3) is 0 Å². The molecule has 0 saturated carbocycles. The molecule has 0 atom stereocenters. The van der Waals surface area contributed by atoms with E-state index in [9.17, 15) is 5.26 Å². The monoisotopic (exact) mass is 949 g/mol. The summed E-state index contributed by atoms with van der Waals surface area (Å²) in [5.41, 5.74) is 4.07. The number of rotatable bonds is 7. The first-order valence-corrected chi connectivity index (χ1v) is 23.2. The summed E-state index contributed by atoms with van der Waals surface area (Å²) in [4.78, 5) is 0. The van der Waals surface area contributed by atoms with Gasteiger partial charge in [-0.3, -0.25) is 0 Å². The quantitative estimate of drug-likeness (QED) is 0.147. The summed E-state index contributed by atoms with van der Waals surface area (Å²) < 4.78 is 99.1. The van der Waals surface area contributed by atoms with Crippen LogP contribution in [0, 0.1) is 11.3 Å². The topological polar surface area (TPSA) is 33.6 Å². The molecule has 12 aromatic rings. The molecule has 10 aromatic carbocycles. The third-order valence-electron chi connectivity index (χ3n) is 13.6. The lowest BCUT2D eigenvalue weighted by Crippen LogP contribution is -2.16. The maximum absolute atomic E-state index is 15.9. The smallest absolute Gasteiger partial charge is 0.308 e. The number of halogens is 6. The molecule has 0 aliphatic rings. The molecular weight excluding hydrogens is 913 g/mol. The molecule has 0 saturated heterocycles. The van der Waals surface area contributed by atoms with Gasteiger partial charge in [-0.05, 0) is 93.0 Å². The summed E-state index contributed by atoms with van der Waals surface area (Å²) in [7, 11) is 0. The minimum Gasteiger partial charge on any atom is -0.308 e. The molecule has 9 heteroatoms. The van der Waals surface area contributed by atoms with E-state index in [1.54, 1.807) is 9.13 Å². The molecule has 0 bridgehead atoms. The van der Waals surface area contributed by atoms with E-state index >= 15 is 26.3 Å². The zero-order valence-corrected chi connectivity index (χ0v) is 38.0. The molecule has 0 aliphatic carbocycles. The first-order valence-electron chi connectivity index (χ1n) is 23.2. The Morgan fingerprint density at radius 1 is 0.306 bits per heavy atom. The van der Waals surface area contributed by atoms with Crippen LogP contribution in [0.25, 0.3) is 111 Å². The first kappa shape index (κ1) is 44.1. The van der Waals surface area contributed by atoms with E-state index in [1.807, 2.05) is 194 Å². The van der Waals surface area contributed by atoms with E-state index in [4.69, 9.17) is 0 Å². The lowest BCUT2D eigenvalue weighted by atomic mass is 9.89. The summed E-state index contributed by atoms with van der Waals surface area (Å²) in [6.45, 7) is 0. The second-order valence-electron chi connectivity index (χ2n) is 17.8. The standard InChI is InChI=1S/C63H37F6N3/c64-62(65,66)52-22-13-23-53(63(67,68)69)60(52)61-58(71-54-34-44(40-14-5-1-6-15-40)24-28-48(54)49-29-25-45(35-55(49)71)41-16-7-2-8-17-41)32-39(38-70)33-59(61)72-56-36-46(42-18-9-3-10-19-42)26-30-50(56)51-31-27-47(37-57(51)72)43-20-11-4-12-21-43/h1-37H. The van der Waals surface area contributed by atoms with Gasteiger partial charge in [-0.2, -0.15) is 31.6 Å². The highest BCUT2D eigenvalue weighted by Gasteiger charge is 2.43. The predicted molar refractivity (Wildman–Crippen MR) is 277 cm³/mol. The van der Waals surface area contributed by atoms with Crippen LogP contribution >= 0.6 is 0 Å². The highest BCUT2D eigenvalue weighted by molar-refractivity contribution is 6.14. The van der Waals surface area contributed by atoms with Crippen molar-refractivity contribution in [1.29, 1.82) is 5.26 Å². The van der Waals surface area contributed by atoms with Crippen LogP contribution in [0.1, 0.15) is 16.7 Å². The SMILES string of the molecule is N#Cc1cc(-n2c3cc(-c4ccccc4)ccc3c3ccc(-c4ccccc4)cc32)c(-c2c(C(F)(F)F)cccc2C(F)(F)F)c(-n2c3cc(-c4ccccc4)ccc3c3ccc(-c4ccccc4)cc32)c1. The van der Waals surface area contributed by atoms with Crippen molar-refractivity contribution >= 4 is 43.6 Å². The van der Waals surface area contributed by atoms with E-state index in [0.717, 1.165) is 50.6 Å². The van der Waals surface area contributed by atoms with Crippen molar-refractivity contribution in [2.24, 2.45) is 0 Å². The highest BCUT2D eigenvalue weighted by Crippen LogP contribution is 2.51. The molecule has 0 spiro atoms. The molecule has 72 heavy (non-hydrogen) atoms. The number of hydrogen-bond acceptors (Lipinski definition) is 1. The molecule has 2 aromatic heterocycles. The van der Waals surface area contributed by atoms with Gasteiger partial charge in [-0.25, -0.2) is 0 Å². The fraction of sp³-hybridized carbons (Fsp3) is 0.0317. The Morgan fingerprint density at radius 3 is 0.861 bits per heavy atom. The summed E-state index contributed by atoms with van der Waals surface area (Å²) in [5, 5.41) is 13.9.